The Kier molecular flexibility index (Phi) is 8.66. The van der Waals surface area contributed by atoms with Crippen molar-refractivity contribution in [1.29, 1.82) is 0 Å². The molecular weight excluding hydrogens is 303 g/mol. The van der Waals surface area contributed by atoms with Gasteiger partial charge in [-0.05, 0) is 31.4 Å². The average Bonchev–Trinajstić information content (AvgIpc) is 2.79. The van der Waals surface area contributed by atoms with Gasteiger partial charge in [0.25, 0.3) is 0 Å². The van der Waals surface area contributed by atoms with Crippen LogP contribution in [0, 0.1) is 0 Å². The molecule has 0 aliphatic rings. The van der Waals surface area contributed by atoms with Gasteiger partial charge in [0.1, 0.15) is 0 Å². The van der Waals surface area contributed by atoms with Crippen molar-refractivity contribution in [3.05, 3.63) is 21.3 Å². The SMILES string of the molecule is CCC(N)(CC)CNC(=O)CCc1ccc(Cl)s1.Cl. The molecule has 1 rings (SSSR count). The van der Waals surface area contributed by atoms with Crippen LogP contribution in [-0.4, -0.2) is 18.0 Å². The van der Waals surface area contributed by atoms with E-state index in [2.05, 4.69) is 5.32 Å². The van der Waals surface area contributed by atoms with Crippen molar-refractivity contribution in [2.45, 2.75) is 45.1 Å². The zero-order valence-corrected chi connectivity index (χ0v) is 13.8. The lowest BCUT2D eigenvalue weighted by Gasteiger charge is -2.26. The predicted molar refractivity (Wildman–Crippen MR) is 85.4 cm³/mol. The van der Waals surface area contributed by atoms with Gasteiger partial charge in [0.2, 0.25) is 5.91 Å². The van der Waals surface area contributed by atoms with Crippen LogP contribution in [0.25, 0.3) is 0 Å². The Morgan fingerprint density at radius 2 is 2.05 bits per heavy atom. The van der Waals surface area contributed by atoms with E-state index in [-0.39, 0.29) is 23.9 Å². The maximum atomic E-state index is 11.7. The lowest BCUT2D eigenvalue weighted by molar-refractivity contribution is -0.121. The predicted octanol–water partition coefficient (Wildman–Crippen LogP) is 3.39. The van der Waals surface area contributed by atoms with Crippen molar-refractivity contribution < 1.29 is 4.79 Å². The molecule has 0 saturated heterocycles. The fraction of sp³-hybridized carbons (Fsp3) is 0.615. The first-order valence-electron chi connectivity index (χ1n) is 6.29. The monoisotopic (exact) mass is 324 g/mol. The highest BCUT2D eigenvalue weighted by molar-refractivity contribution is 7.16. The Labute approximate surface area is 130 Å². The third-order valence-corrected chi connectivity index (χ3v) is 4.56. The van der Waals surface area contributed by atoms with Gasteiger partial charge in [-0.15, -0.1) is 23.7 Å². The number of hydrogen-bond acceptors (Lipinski definition) is 3. The number of amides is 1. The summed E-state index contributed by atoms with van der Waals surface area (Å²) in [7, 11) is 0. The van der Waals surface area contributed by atoms with Crippen molar-refractivity contribution in [2.75, 3.05) is 6.54 Å². The number of hydrogen-bond donors (Lipinski definition) is 2. The summed E-state index contributed by atoms with van der Waals surface area (Å²) in [4.78, 5) is 12.8. The number of halogens is 2. The van der Waals surface area contributed by atoms with E-state index >= 15 is 0 Å². The van der Waals surface area contributed by atoms with E-state index in [9.17, 15) is 4.79 Å². The van der Waals surface area contributed by atoms with Gasteiger partial charge in [-0.25, -0.2) is 0 Å². The van der Waals surface area contributed by atoms with Crippen molar-refractivity contribution in [3.8, 4) is 0 Å². The van der Waals surface area contributed by atoms with Gasteiger partial charge in [0.15, 0.2) is 0 Å². The molecular formula is C13H22Cl2N2OS. The molecule has 0 bridgehead atoms. The van der Waals surface area contributed by atoms with Gasteiger partial charge in [0.05, 0.1) is 4.34 Å². The molecule has 3 nitrogen and oxygen atoms in total. The summed E-state index contributed by atoms with van der Waals surface area (Å²) in [6.07, 6.45) is 2.95. The minimum Gasteiger partial charge on any atom is -0.354 e. The first kappa shape index (κ1) is 18.7. The second-order valence-electron chi connectivity index (χ2n) is 4.55. The van der Waals surface area contributed by atoms with E-state index in [1.54, 1.807) is 0 Å². The van der Waals surface area contributed by atoms with Crippen LogP contribution in [0.4, 0.5) is 0 Å². The van der Waals surface area contributed by atoms with Crippen LogP contribution in [0.2, 0.25) is 4.34 Å². The average molecular weight is 325 g/mol. The van der Waals surface area contributed by atoms with E-state index in [0.29, 0.717) is 13.0 Å². The van der Waals surface area contributed by atoms with Gasteiger partial charge < -0.3 is 11.1 Å². The molecule has 1 aromatic rings. The summed E-state index contributed by atoms with van der Waals surface area (Å²) < 4.78 is 0.767. The third-order valence-electron chi connectivity index (χ3n) is 3.27. The molecule has 1 aromatic heterocycles. The zero-order valence-electron chi connectivity index (χ0n) is 11.4. The molecule has 110 valence electrons. The van der Waals surface area contributed by atoms with E-state index in [1.165, 1.54) is 11.3 Å². The first-order chi connectivity index (χ1) is 8.49. The van der Waals surface area contributed by atoms with Crippen LogP contribution < -0.4 is 11.1 Å². The summed E-state index contributed by atoms with van der Waals surface area (Å²) in [5, 5.41) is 2.91. The number of carbonyl (C=O) groups is 1. The Balaban J connectivity index is 0.00000324. The van der Waals surface area contributed by atoms with Crippen LogP contribution >= 0.6 is 35.3 Å². The quantitative estimate of drug-likeness (QED) is 0.807. The van der Waals surface area contributed by atoms with Gasteiger partial charge in [-0.3, -0.25) is 4.79 Å². The molecule has 0 spiro atoms. The molecule has 0 atom stereocenters. The van der Waals surface area contributed by atoms with E-state index in [4.69, 9.17) is 17.3 Å². The summed E-state index contributed by atoms with van der Waals surface area (Å²) in [5.41, 5.74) is 5.85. The first-order valence-corrected chi connectivity index (χ1v) is 7.48. The number of carbonyl (C=O) groups excluding carboxylic acids is 1. The zero-order chi connectivity index (χ0) is 13.6. The Morgan fingerprint density at radius 1 is 1.42 bits per heavy atom. The molecule has 0 fully saturated rings. The molecule has 0 unspecified atom stereocenters. The Hall–Kier alpha value is -0.290. The van der Waals surface area contributed by atoms with Crippen LogP contribution in [0.5, 0.6) is 0 Å². The number of nitrogens with two attached hydrogens (primary N) is 1. The van der Waals surface area contributed by atoms with Crippen LogP contribution in [0.1, 0.15) is 38.0 Å². The third kappa shape index (κ3) is 6.61. The molecule has 0 radical (unpaired) electrons. The largest absolute Gasteiger partial charge is 0.354 e. The van der Waals surface area contributed by atoms with Crippen LogP contribution in [0.15, 0.2) is 12.1 Å². The van der Waals surface area contributed by atoms with Gasteiger partial charge in [0, 0.05) is 23.4 Å². The molecule has 0 aliphatic carbocycles. The molecule has 0 aromatic carbocycles. The van der Waals surface area contributed by atoms with Crippen molar-refractivity contribution >= 4 is 41.3 Å². The highest BCUT2D eigenvalue weighted by Gasteiger charge is 2.20. The normalized spacial score (nSPS) is 10.9. The smallest absolute Gasteiger partial charge is 0.220 e. The molecule has 6 heteroatoms. The molecule has 0 aliphatic heterocycles. The van der Waals surface area contributed by atoms with Crippen molar-refractivity contribution in [2.24, 2.45) is 5.73 Å². The Morgan fingerprint density at radius 3 is 2.53 bits per heavy atom. The fourth-order valence-electron chi connectivity index (χ4n) is 1.59. The van der Waals surface area contributed by atoms with Crippen molar-refractivity contribution in [3.63, 3.8) is 0 Å². The number of aryl methyl sites for hydroxylation is 1. The van der Waals surface area contributed by atoms with Crippen LogP contribution in [-0.2, 0) is 11.2 Å². The second kappa shape index (κ2) is 8.80. The summed E-state index contributed by atoms with van der Waals surface area (Å²) in [6.45, 7) is 4.64. The van der Waals surface area contributed by atoms with Crippen molar-refractivity contribution in [1.82, 2.24) is 5.32 Å². The maximum Gasteiger partial charge on any atom is 0.220 e. The molecule has 19 heavy (non-hydrogen) atoms. The number of nitrogens with one attached hydrogen (secondary N) is 1. The second-order valence-corrected chi connectivity index (χ2v) is 6.35. The van der Waals surface area contributed by atoms with E-state index in [1.807, 2.05) is 26.0 Å². The minimum absolute atomic E-state index is 0. The van der Waals surface area contributed by atoms with Crippen LogP contribution in [0.3, 0.4) is 0 Å². The Bertz CT molecular complexity index is 392. The molecule has 1 heterocycles. The highest BCUT2D eigenvalue weighted by Crippen LogP contribution is 2.22. The standard InChI is InChI=1S/C13H21ClN2OS.ClH/c1-3-13(15,4-2)9-16-12(17)8-6-10-5-7-11(14)18-10;/h5,7H,3-4,6,8-9,15H2,1-2H3,(H,16,17);1H. The summed E-state index contributed by atoms with van der Waals surface area (Å²) in [5.74, 6) is 0.0521. The molecule has 3 N–H and O–H groups in total. The van der Waals surface area contributed by atoms with E-state index < -0.39 is 0 Å². The van der Waals surface area contributed by atoms with Gasteiger partial charge in [-0.2, -0.15) is 0 Å². The van der Waals surface area contributed by atoms with E-state index in [0.717, 1.165) is 28.5 Å². The number of rotatable bonds is 7. The summed E-state index contributed by atoms with van der Waals surface area (Å²) in [6, 6.07) is 3.82. The highest BCUT2D eigenvalue weighted by atomic mass is 35.5. The summed E-state index contributed by atoms with van der Waals surface area (Å²) >= 11 is 7.36. The van der Waals surface area contributed by atoms with Gasteiger partial charge in [-0.1, -0.05) is 25.4 Å². The molecule has 0 saturated carbocycles. The fourth-order valence-corrected chi connectivity index (χ4v) is 2.67. The lowest BCUT2D eigenvalue weighted by Crippen LogP contribution is -2.49. The number of thiophene rings is 1. The molecule has 1 amide bonds. The minimum atomic E-state index is -0.276. The topological polar surface area (TPSA) is 55.1 Å². The van der Waals surface area contributed by atoms with Gasteiger partial charge >= 0.3 is 0 Å². The lowest BCUT2D eigenvalue weighted by atomic mass is 9.94. The maximum absolute atomic E-state index is 11.7.